The molecule has 0 spiro atoms. The van der Waals surface area contributed by atoms with E-state index < -0.39 is 5.60 Å². The topological polar surface area (TPSA) is 88.5 Å². The van der Waals surface area contributed by atoms with Gasteiger partial charge in [-0.25, -0.2) is 0 Å². The summed E-state index contributed by atoms with van der Waals surface area (Å²) in [6.45, 7) is 1.79. The number of piperidine rings is 1. The van der Waals surface area contributed by atoms with Gasteiger partial charge in [0, 0.05) is 17.7 Å². The van der Waals surface area contributed by atoms with E-state index in [0.717, 1.165) is 13.1 Å². The highest BCUT2D eigenvalue weighted by Crippen LogP contribution is 2.34. The molecule has 1 aromatic carbocycles. The lowest BCUT2D eigenvalue weighted by Crippen LogP contribution is -2.45. The van der Waals surface area contributed by atoms with Crippen molar-refractivity contribution in [3.05, 3.63) is 39.4 Å². The van der Waals surface area contributed by atoms with Crippen molar-refractivity contribution in [3.63, 3.8) is 0 Å². The Bertz CT molecular complexity index is 900. The number of H-pyrrole nitrogens is 1. The molecule has 8 heteroatoms. The number of methoxy groups -OCH3 is 2. The number of nitrogens with one attached hydrogen (secondary N) is 2. The van der Waals surface area contributed by atoms with Crippen molar-refractivity contribution >= 4 is 12.2 Å². The zero-order chi connectivity index (χ0) is 18.7. The number of hydrogen-bond donors (Lipinski definition) is 3. The van der Waals surface area contributed by atoms with Crippen molar-refractivity contribution in [1.29, 1.82) is 0 Å². The van der Waals surface area contributed by atoms with E-state index in [1.54, 1.807) is 30.9 Å². The number of aromatic nitrogens is 2. The van der Waals surface area contributed by atoms with E-state index >= 15 is 0 Å². The number of hydrogen-bond acceptors (Lipinski definition) is 6. The Balaban J connectivity index is 2.13. The predicted octanol–water partition coefficient (Wildman–Crippen LogP) is 1.70. The van der Waals surface area contributed by atoms with Crippen LogP contribution >= 0.6 is 12.2 Å². The van der Waals surface area contributed by atoms with Crippen LogP contribution in [0, 0.1) is 4.77 Å². The number of aromatic amines is 1. The minimum atomic E-state index is -0.879. The van der Waals surface area contributed by atoms with Crippen LogP contribution in [0.3, 0.4) is 0 Å². The SMILES string of the molecule is COc1ccc(-c2cc(=O)[nH]c(=S)n2CC2(O)CCNCC2)c(OC)c1. The van der Waals surface area contributed by atoms with E-state index in [0.29, 0.717) is 42.1 Å². The minimum absolute atomic E-state index is 0.275. The fourth-order valence-corrected chi connectivity index (χ4v) is 3.52. The lowest BCUT2D eigenvalue weighted by molar-refractivity contribution is -0.00567. The molecular formula is C18H23N3O4S. The molecule has 1 aliphatic rings. The number of ether oxygens (including phenoxy) is 2. The number of aliphatic hydroxyl groups is 1. The second-order valence-corrected chi connectivity index (χ2v) is 6.84. The van der Waals surface area contributed by atoms with Gasteiger partial charge in [-0.1, -0.05) is 0 Å². The van der Waals surface area contributed by atoms with E-state index in [-0.39, 0.29) is 10.3 Å². The van der Waals surface area contributed by atoms with Gasteiger partial charge in [-0.15, -0.1) is 0 Å². The smallest absolute Gasteiger partial charge is 0.252 e. The molecule has 0 atom stereocenters. The summed E-state index contributed by atoms with van der Waals surface area (Å²) in [7, 11) is 3.14. The molecule has 0 unspecified atom stereocenters. The maximum atomic E-state index is 12.1. The van der Waals surface area contributed by atoms with Gasteiger partial charge in [0.25, 0.3) is 5.56 Å². The highest BCUT2D eigenvalue weighted by molar-refractivity contribution is 7.71. The highest BCUT2D eigenvalue weighted by atomic mass is 32.1. The van der Waals surface area contributed by atoms with E-state index in [2.05, 4.69) is 10.3 Å². The van der Waals surface area contributed by atoms with Gasteiger partial charge in [0.1, 0.15) is 11.5 Å². The van der Waals surface area contributed by atoms with E-state index in [9.17, 15) is 9.90 Å². The Morgan fingerprint density at radius 2 is 1.96 bits per heavy atom. The van der Waals surface area contributed by atoms with Gasteiger partial charge in [-0.05, 0) is 50.3 Å². The van der Waals surface area contributed by atoms with Crippen molar-refractivity contribution in [1.82, 2.24) is 14.9 Å². The summed E-state index contributed by atoms with van der Waals surface area (Å²) in [5.74, 6) is 1.22. The van der Waals surface area contributed by atoms with Crippen LogP contribution in [0.1, 0.15) is 12.8 Å². The zero-order valence-corrected chi connectivity index (χ0v) is 15.7. The van der Waals surface area contributed by atoms with Crippen LogP contribution in [-0.4, -0.2) is 47.6 Å². The Morgan fingerprint density at radius 1 is 1.23 bits per heavy atom. The molecule has 0 aliphatic carbocycles. The molecule has 0 amide bonds. The second kappa shape index (κ2) is 7.61. The molecule has 2 heterocycles. The van der Waals surface area contributed by atoms with Gasteiger partial charge in [-0.3, -0.25) is 9.78 Å². The van der Waals surface area contributed by atoms with Crippen molar-refractivity contribution in [2.45, 2.75) is 25.0 Å². The zero-order valence-electron chi connectivity index (χ0n) is 14.9. The first-order chi connectivity index (χ1) is 12.5. The minimum Gasteiger partial charge on any atom is -0.497 e. The van der Waals surface area contributed by atoms with Crippen LogP contribution in [0.25, 0.3) is 11.3 Å². The molecule has 3 rings (SSSR count). The first-order valence-corrected chi connectivity index (χ1v) is 8.86. The lowest BCUT2D eigenvalue weighted by atomic mass is 9.92. The van der Waals surface area contributed by atoms with Crippen molar-refractivity contribution in [2.75, 3.05) is 27.3 Å². The standard InChI is InChI=1S/C18H23N3O4S/c1-24-12-3-4-13(15(9-12)25-2)14-10-16(22)20-17(26)21(14)11-18(23)5-7-19-8-6-18/h3-4,9-10,19,23H,5-8,11H2,1-2H3,(H,20,22,26). The molecule has 3 N–H and O–H groups in total. The third kappa shape index (κ3) is 3.82. The molecule has 0 saturated carbocycles. The number of nitrogens with zero attached hydrogens (tertiary/aromatic N) is 1. The fourth-order valence-electron chi connectivity index (χ4n) is 3.26. The number of benzene rings is 1. The van der Waals surface area contributed by atoms with Gasteiger partial charge in [0.2, 0.25) is 0 Å². The van der Waals surface area contributed by atoms with Crippen LogP contribution in [0.5, 0.6) is 11.5 Å². The number of rotatable bonds is 5. The molecule has 1 aromatic heterocycles. The largest absolute Gasteiger partial charge is 0.497 e. The molecule has 1 aliphatic heterocycles. The maximum Gasteiger partial charge on any atom is 0.252 e. The second-order valence-electron chi connectivity index (χ2n) is 6.45. The van der Waals surface area contributed by atoms with E-state index in [4.69, 9.17) is 21.7 Å². The molecule has 0 radical (unpaired) electrons. The summed E-state index contributed by atoms with van der Waals surface area (Å²) in [5, 5.41) is 14.2. The maximum absolute atomic E-state index is 12.1. The van der Waals surface area contributed by atoms with E-state index in [1.807, 2.05) is 6.07 Å². The highest BCUT2D eigenvalue weighted by Gasteiger charge is 2.30. The normalized spacial score (nSPS) is 16.3. The summed E-state index contributed by atoms with van der Waals surface area (Å²) < 4.78 is 12.8. The van der Waals surface area contributed by atoms with Crippen molar-refractivity contribution in [3.8, 4) is 22.8 Å². The third-order valence-corrected chi connectivity index (χ3v) is 5.03. The Kier molecular flexibility index (Phi) is 5.45. The van der Waals surface area contributed by atoms with Crippen LogP contribution in [0.4, 0.5) is 0 Å². The van der Waals surface area contributed by atoms with Gasteiger partial charge < -0.3 is 24.5 Å². The van der Waals surface area contributed by atoms with Crippen molar-refractivity contribution < 1.29 is 14.6 Å². The summed E-state index contributed by atoms with van der Waals surface area (Å²) in [5.41, 5.74) is 0.139. The first kappa shape index (κ1) is 18.6. The quantitative estimate of drug-likeness (QED) is 0.688. The van der Waals surface area contributed by atoms with Crippen LogP contribution in [0.2, 0.25) is 0 Å². The Labute approximate surface area is 156 Å². The molecule has 140 valence electrons. The van der Waals surface area contributed by atoms with Gasteiger partial charge in [0.05, 0.1) is 32.1 Å². The lowest BCUT2D eigenvalue weighted by Gasteiger charge is -2.34. The van der Waals surface area contributed by atoms with E-state index in [1.165, 1.54) is 6.07 Å². The molecule has 1 saturated heterocycles. The molecular weight excluding hydrogens is 354 g/mol. The summed E-state index contributed by atoms with van der Waals surface area (Å²) in [4.78, 5) is 14.7. The van der Waals surface area contributed by atoms with Crippen LogP contribution in [-0.2, 0) is 6.54 Å². The van der Waals surface area contributed by atoms with Gasteiger partial charge in [-0.2, -0.15) is 0 Å². The Morgan fingerprint density at radius 3 is 2.62 bits per heavy atom. The van der Waals surface area contributed by atoms with Gasteiger partial charge in [0.15, 0.2) is 4.77 Å². The third-order valence-electron chi connectivity index (χ3n) is 4.71. The monoisotopic (exact) mass is 377 g/mol. The van der Waals surface area contributed by atoms with Crippen LogP contribution < -0.4 is 20.3 Å². The fraction of sp³-hybridized carbons (Fsp3) is 0.444. The average molecular weight is 377 g/mol. The molecule has 26 heavy (non-hydrogen) atoms. The molecule has 0 bridgehead atoms. The average Bonchev–Trinajstić information content (AvgIpc) is 2.63. The molecule has 1 fully saturated rings. The van der Waals surface area contributed by atoms with Crippen molar-refractivity contribution in [2.24, 2.45) is 0 Å². The molecule has 2 aromatic rings. The predicted molar refractivity (Wildman–Crippen MR) is 101 cm³/mol. The summed E-state index contributed by atoms with van der Waals surface area (Å²) in [6, 6.07) is 6.85. The van der Waals surface area contributed by atoms with Gasteiger partial charge >= 0.3 is 0 Å². The van der Waals surface area contributed by atoms with Crippen LogP contribution in [0.15, 0.2) is 29.1 Å². The first-order valence-electron chi connectivity index (χ1n) is 8.45. The summed E-state index contributed by atoms with van der Waals surface area (Å²) in [6.07, 6.45) is 1.24. The summed E-state index contributed by atoms with van der Waals surface area (Å²) >= 11 is 5.39. The molecule has 7 nitrogen and oxygen atoms in total. The Hall–Kier alpha value is -2.16.